The van der Waals surface area contributed by atoms with E-state index in [1.54, 1.807) is 16.5 Å². The number of aromatic nitrogens is 6. The van der Waals surface area contributed by atoms with Gasteiger partial charge in [0.2, 0.25) is 0 Å². The van der Waals surface area contributed by atoms with Gasteiger partial charge in [0.25, 0.3) is 6.01 Å². The van der Waals surface area contributed by atoms with Crippen molar-refractivity contribution in [2.45, 2.75) is 63.8 Å². The minimum Gasteiger partial charge on any atom is -0.444 e. The Bertz CT molecular complexity index is 1490. The van der Waals surface area contributed by atoms with Gasteiger partial charge in [0.05, 0.1) is 17.6 Å². The zero-order valence-electron chi connectivity index (χ0n) is 21.7. The van der Waals surface area contributed by atoms with E-state index >= 15 is 0 Å². The van der Waals surface area contributed by atoms with Crippen LogP contribution < -0.4 is 4.90 Å². The van der Waals surface area contributed by atoms with Crippen molar-refractivity contribution in [1.29, 1.82) is 0 Å². The number of anilines is 1. The molecule has 212 valence electrons. The number of tetrazole rings is 1. The van der Waals surface area contributed by atoms with E-state index in [0.717, 1.165) is 6.42 Å². The Balaban J connectivity index is 1.34. The number of ether oxygens (including phenoxy) is 2. The maximum Gasteiger partial charge on any atom is 0.418 e. The Kier molecular flexibility index (Phi) is 6.40. The highest BCUT2D eigenvalue weighted by atomic mass is 32.1. The van der Waals surface area contributed by atoms with Gasteiger partial charge in [0, 0.05) is 30.2 Å². The molecule has 3 aliphatic heterocycles. The van der Waals surface area contributed by atoms with Crippen LogP contribution in [0, 0.1) is 0 Å². The number of H-pyrrole nitrogens is 1. The van der Waals surface area contributed by atoms with Crippen LogP contribution in [0.4, 0.5) is 24.0 Å². The highest BCUT2D eigenvalue weighted by Gasteiger charge is 2.50. The SMILES string of the molecule is CC(C)(C)OC(=O)N1C2CC1CN(c1nc3c(C(OCc4nn[nH]n4)C(F)(F)F)ccc(-c4nccs4)c3o1)C2. The van der Waals surface area contributed by atoms with Crippen molar-refractivity contribution in [3.8, 4) is 10.6 Å². The number of carbonyl (C=O) groups excluding carboxylic acids is 1. The van der Waals surface area contributed by atoms with Gasteiger partial charge in [-0.3, -0.25) is 4.90 Å². The van der Waals surface area contributed by atoms with E-state index in [-0.39, 0.29) is 46.7 Å². The number of thiazole rings is 1. The number of fused-ring (bicyclic) bond motifs is 3. The van der Waals surface area contributed by atoms with Crippen LogP contribution in [0.3, 0.4) is 0 Å². The van der Waals surface area contributed by atoms with Gasteiger partial charge in [-0.15, -0.1) is 21.5 Å². The molecule has 16 heteroatoms. The Morgan fingerprint density at radius 3 is 2.65 bits per heavy atom. The molecule has 3 saturated heterocycles. The molecule has 0 radical (unpaired) electrons. The molecular weight excluding hydrogens is 553 g/mol. The number of benzene rings is 1. The van der Waals surface area contributed by atoms with Crippen molar-refractivity contribution < 1.29 is 31.9 Å². The summed E-state index contributed by atoms with van der Waals surface area (Å²) in [4.78, 5) is 25.1. The first-order valence-corrected chi connectivity index (χ1v) is 13.4. The Morgan fingerprint density at radius 2 is 2.02 bits per heavy atom. The summed E-state index contributed by atoms with van der Waals surface area (Å²) in [6.07, 6.45) is -5.07. The number of carbonyl (C=O) groups is 1. The minimum atomic E-state index is -4.76. The van der Waals surface area contributed by atoms with Crippen LogP contribution in [0.1, 0.15) is 44.7 Å². The smallest absolute Gasteiger partial charge is 0.418 e. The van der Waals surface area contributed by atoms with Crippen molar-refractivity contribution >= 4 is 34.5 Å². The van der Waals surface area contributed by atoms with Crippen LogP contribution >= 0.6 is 11.3 Å². The van der Waals surface area contributed by atoms with Gasteiger partial charge in [0.1, 0.15) is 22.7 Å². The van der Waals surface area contributed by atoms with Crippen LogP contribution in [0.2, 0.25) is 0 Å². The molecule has 1 aromatic carbocycles. The minimum absolute atomic E-state index is 0.0152. The summed E-state index contributed by atoms with van der Waals surface area (Å²) in [6, 6.07) is 2.78. The molecule has 3 fully saturated rings. The lowest BCUT2D eigenvalue weighted by Gasteiger charge is -2.55. The summed E-state index contributed by atoms with van der Waals surface area (Å²) >= 11 is 1.33. The number of hydrogen-bond acceptors (Lipinski definition) is 11. The van der Waals surface area contributed by atoms with E-state index in [9.17, 15) is 18.0 Å². The fourth-order valence-electron chi connectivity index (χ4n) is 5.03. The summed E-state index contributed by atoms with van der Waals surface area (Å²) in [5.74, 6) is -0.0205. The van der Waals surface area contributed by atoms with Gasteiger partial charge in [-0.2, -0.15) is 23.4 Å². The standard InChI is InChI=1S/C24H25F3N8O4S/c1-23(2,3)39-22(36)35-12-8-13(35)10-34(9-12)21-29-17-14(4-5-15(18(17)38-21)20-28-6-7-40-20)19(24(25,26)27)37-11-16-30-32-33-31-16/h4-7,12-13,19H,8-11H2,1-3H3,(H,30,31,32,33). The van der Waals surface area contributed by atoms with Crippen LogP contribution in [0.25, 0.3) is 21.7 Å². The molecule has 0 saturated carbocycles. The highest BCUT2D eigenvalue weighted by molar-refractivity contribution is 7.13. The largest absolute Gasteiger partial charge is 0.444 e. The topological polar surface area (TPSA) is 135 Å². The first-order valence-electron chi connectivity index (χ1n) is 12.5. The molecule has 2 bridgehead atoms. The second kappa shape index (κ2) is 9.69. The molecule has 7 rings (SSSR count). The number of halogens is 3. The van der Waals surface area contributed by atoms with E-state index in [4.69, 9.17) is 13.9 Å². The average molecular weight is 579 g/mol. The summed E-state index contributed by atoms with van der Waals surface area (Å²) in [7, 11) is 0. The zero-order chi connectivity index (χ0) is 28.2. The van der Waals surface area contributed by atoms with Gasteiger partial charge < -0.3 is 18.8 Å². The van der Waals surface area contributed by atoms with Crippen molar-refractivity contribution in [3.05, 3.63) is 35.1 Å². The number of oxazole rings is 1. The normalized spacial score (nSPS) is 20.1. The van der Waals surface area contributed by atoms with E-state index in [0.29, 0.717) is 23.7 Å². The van der Waals surface area contributed by atoms with E-state index in [2.05, 4.69) is 30.6 Å². The van der Waals surface area contributed by atoms with Crippen LogP contribution in [0.5, 0.6) is 0 Å². The lowest BCUT2D eigenvalue weighted by atomic mass is 9.88. The van der Waals surface area contributed by atoms with Gasteiger partial charge in [-0.25, -0.2) is 9.78 Å². The highest BCUT2D eigenvalue weighted by Crippen LogP contribution is 2.44. The van der Waals surface area contributed by atoms with Crippen LogP contribution in [-0.2, 0) is 16.1 Å². The van der Waals surface area contributed by atoms with Crippen molar-refractivity contribution in [3.63, 3.8) is 0 Å². The van der Waals surface area contributed by atoms with Gasteiger partial charge in [0.15, 0.2) is 17.5 Å². The summed E-state index contributed by atoms with van der Waals surface area (Å²) in [5.41, 5.74) is -0.128. The molecule has 3 aromatic heterocycles. The molecular formula is C24H25F3N8O4S. The second-order valence-corrected chi connectivity index (χ2v) is 11.5. The lowest BCUT2D eigenvalue weighted by Crippen LogP contribution is -2.70. The first kappa shape index (κ1) is 26.4. The fourth-order valence-corrected chi connectivity index (χ4v) is 5.69. The first-order chi connectivity index (χ1) is 19.0. The number of rotatable bonds is 6. The van der Waals surface area contributed by atoms with Crippen molar-refractivity contribution in [2.75, 3.05) is 18.0 Å². The number of piperidine rings is 1. The number of nitrogens with zero attached hydrogens (tertiary/aromatic N) is 7. The van der Waals surface area contributed by atoms with E-state index in [1.807, 2.05) is 25.7 Å². The monoisotopic (exact) mass is 578 g/mol. The third-order valence-corrected chi connectivity index (χ3v) is 7.45. The average Bonchev–Trinajstić information content (AvgIpc) is 3.64. The number of aromatic amines is 1. The number of amides is 1. The third-order valence-electron chi connectivity index (χ3n) is 6.64. The Morgan fingerprint density at radius 1 is 1.25 bits per heavy atom. The summed E-state index contributed by atoms with van der Waals surface area (Å²) < 4.78 is 59.8. The maximum atomic E-state index is 14.3. The Hall–Kier alpha value is -3.79. The van der Waals surface area contributed by atoms with Crippen LogP contribution in [-0.4, -0.2) is 78.5 Å². The predicted octanol–water partition coefficient (Wildman–Crippen LogP) is 4.48. The quantitative estimate of drug-likeness (QED) is 0.349. The molecule has 0 aliphatic carbocycles. The van der Waals surface area contributed by atoms with Crippen molar-refractivity contribution in [1.82, 2.24) is 35.5 Å². The molecule has 6 heterocycles. The van der Waals surface area contributed by atoms with E-state index < -0.39 is 24.5 Å². The predicted molar refractivity (Wildman–Crippen MR) is 135 cm³/mol. The number of hydrogen-bond donors (Lipinski definition) is 1. The number of alkyl halides is 3. The van der Waals surface area contributed by atoms with Gasteiger partial charge in [-0.05, 0) is 33.3 Å². The van der Waals surface area contributed by atoms with Gasteiger partial charge >= 0.3 is 12.3 Å². The summed E-state index contributed by atoms with van der Waals surface area (Å²) in [6.45, 7) is 5.72. The maximum absolute atomic E-state index is 14.3. The lowest BCUT2D eigenvalue weighted by molar-refractivity contribution is -0.227. The number of nitrogens with one attached hydrogen (secondary N) is 1. The van der Waals surface area contributed by atoms with E-state index in [1.165, 1.54) is 23.5 Å². The van der Waals surface area contributed by atoms with Crippen molar-refractivity contribution in [2.24, 2.45) is 0 Å². The molecule has 40 heavy (non-hydrogen) atoms. The molecule has 12 nitrogen and oxygen atoms in total. The number of piperazine rings is 1. The fraction of sp³-hybridized carbons (Fsp3) is 0.500. The zero-order valence-corrected chi connectivity index (χ0v) is 22.5. The molecule has 0 spiro atoms. The third kappa shape index (κ3) is 4.96. The second-order valence-electron chi connectivity index (χ2n) is 10.6. The molecule has 3 unspecified atom stereocenters. The Labute approximate surface area is 229 Å². The molecule has 1 amide bonds. The molecule has 1 N–H and O–H groups in total. The van der Waals surface area contributed by atoms with Crippen LogP contribution in [0.15, 0.2) is 28.1 Å². The molecule has 3 atom stereocenters. The van der Waals surface area contributed by atoms with Gasteiger partial charge in [-0.1, -0.05) is 11.3 Å². The summed E-state index contributed by atoms with van der Waals surface area (Å²) in [5, 5.41) is 15.2. The molecule has 4 aromatic rings. The molecule has 3 aliphatic rings.